The fraction of sp³-hybridized carbons (Fsp3) is 0.615. The van der Waals surface area contributed by atoms with Gasteiger partial charge in [0.05, 0.1) is 0 Å². The molecule has 0 aromatic carbocycles. The van der Waals surface area contributed by atoms with E-state index in [0.717, 1.165) is 18.7 Å². The monoisotopic (exact) mass is 264 g/mol. The van der Waals surface area contributed by atoms with Crippen LogP contribution >= 0.6 is 0 Å². The van der Waals surface area contributed by atoms with Crippen LogP contribution in [0.5, 0.6) is 0 Å². The summed E-state index contributed by atoms with van der Waals surface area (Å²) >= 11 is 0. The summed E-state index contributed by atoms with van der Waals surface area (Å²) in [6, 6.07) is 1.68. The van der Waals surface area contributed by atoms with Crippen molar-refractivity contribution in [1.29, 1.82) is 0 Å². The normalized spacial score (nSPS) is 15.8. The van der Waals surface area contributed by atoms with Crippen LogP contribution in [0.15, 0.2) is 12.4 Å². The molecule has 6 heteroatoms. The zero-order valence-corrected chi connectivity index (χ0v) is 11.1. The molecule has 1 atom stereocenters. The van der Waals surface area contributed by atoms with Crippen LogP contribution < -0.4 is 10.6 Å². The van der Waals surface area contributed by atoms with Crippen molar-refractivity contribution in [2.24, 2.45) is 0 Å². The lowest BCUT2D eigenvalue weighted by Gasteiger charge is -2.15. The minimum Gasteiger partial charge on any atom is -0.480 e. The molecule has 0 unspecified atom stereocenters. The predicted octanol–water partition coefficient (Wildman–Crippen LogP) is 2.11. The Bertz CT molecular complexity index is 434. The van der Waals surface area contributed by atoms with Gasteiger partial charge in [0.25, 0.3) is 0 Å². The standard InChI is InChI=1S/C13H20N4O2/c1-2-3-4-10(13(18)19)17-12-7-11(14-8-15-12)16-9-5-6-9/h7-10H,2-6H2,1H3,(H,18,19)(H2,14,15,16,17)/t10-/m0/s1. The van der Waals surface area contributed by atoms with Gasteiger partial charge >= 0.3 is 5.97 Å². The van der Waals surface area contributed by atoms with Crippen molar-refractivity contribution >= 4 is 17.6 Å². The summed E-state index contributed by atoms with van der Waals surface area (Å²) in [5, 5.41) is 15.4. The molecule has 1 aromatic rings. The second-order valence-electron chi connectivity index (χ2n) is 4.88. The number of carbonyl (C=O) groups is 1. The van der Waals surface area contributed by atoms with Crippen molar-refractivity contribution in [2.75, 3.05) is 10.6 Å². The molecular formula is C13H20N4O2. The van der Waals surface area contributed by atoms with Gasteiger partial charge in [-0.1, -0.05) is 19.8 Å². The molecule has 1 fully saturated rings. The van der Waals surface area contributed by atoms with Gasteiger partial charge < -0.3 is 15.7 Å². The van der Waals surface area contributed by atoms with Gasteiger partial charge in [-0.25, -0.2) is 14.8 Å². The zero-order valence-electron chi connectivity index (χ0n) is 11.1. The van der Waals surface area contributed by atoms with Crippen molar-refractivity contribution < 1.29 is 9.90 Å². The van der Waals surface area contributed by atoms with Gasteiger partial charge in [0.15, 0.2) is 0 Å². The minimum atomic E-state index is -0.844. The van der Waals surface area contributed by atoms with Crippen molar-refractivity contribution in [3.63, 3.8) is 0 Å². The first-order chi connectivity index (χ1) is 9.19. The number of aliphatic carboxylic acids is 1. The Morgan fingerprint density at radius 1 is 1.47 bits per heavy atom. The SMILES string of the molecule is CCCC[C@H](Nc1cc(NC2CC2)ncn1)C(=O)O. The largest absolute Gasteiger partial charge is 0.480 e. The minimum absolute atomic E-state index is 0.512. The highest BCUT2D eigenvalue weighted by Crippen LogP contribution is 2.24. The molecule has 104 valence electrons. The third-order valence-corrected chi connectivity index (χ3v) is 3.06. The number of carboxylic acids is 1. The summed E-state index contributed by atoms with van der Waals surface area (Å²) in [5.41, 5.74) is 0. The number of anilines is 2. The first-order valence-corrected chi connectivity index (χ1v) is 6.77. The van der Waals surface area contributed by atoms with E-state index >= 15 is 0 Å². The molecular weight excluding hydrogens is 244 g/mol. The van der Waals surface area contributed by atoms with E-state index in [1.165, 1.54) is 19.2 Å². The van der Waals surface area contributed by atoms with E-state index in [2.05, 4.69) is 20.6 Å². The number of rotatable bonds is 8. The fourth-order valence-electron chi connectivity index (χ4n) is 1.80. The van der Waals surface area contributed by atoms with Gasteiger partial charge in [-0.2, -0.15) is 0 Å². The number of hydrogen-bond acceptors (Lipinski definition) is 5. The van der Waals surface area contributed by atoms with Gasteiger partial charge in [-0.05, 0) is 19.3 Å². The molecule has 1 aliphatic rings. The number of aromatic nitrogens is 2. The van der Waals surface area contributed by atoms with Crippen LogP contribution in [0.1, 0.15) is 39.0 Å². The number of nitrogens with one attached hydrogen (secondary N) is 2. The maximum absolute atomic E-state index is 11.2. The molecule has 1 aromatic heterocycles. The van der Waals surface area contributed by atoms with Crippen molar-refractivity contribution in [1.82, 2.24) is 9.97 Å². The lowest BCUT2D eigenvalue weighted by molar-refractivity contribution is -0.138. The summed E-state index contributed by atoms with van der Waals surface area (Å²) in [4.78, 5) is 19.4. The average Bonchev–Trinajstić information content (AvgIpc) is 3.18. The van der Waals surface area contributed by atoms with E-state index in [4.69, 9.17) is 5.11 Å². The Balaban J connectivity index is 1.96. The molecule has 0 amide bonds. The van der Waals surface area contributed by atoms with Gasteiger partial charge in [0, 0.05) is 12.1 Å². The maximum Gasteiger partial charge on any atom is 0.326 e. The van der Waals surface area contributed by atoms with Crippen LogP contribution in [0.2, 0.25) is 0 Å². The summed E-state index contributed by atoms with van der Waals surface area (Å²) in [7, 11) is 0. The molecule has 3 N–H and O–H groups in total. The maximum atomic E-state index is 11.2. The Morgan fingerprint density at radius 2 is 2.21 bits per heavy atom. The van der Waals surface area contributed by atoms with Crippen molar-refractivity contribution in [3.05, 3.63) is 12.4 Å². The summed E-state index contributed by atoms with van der Waals surface area (Å²) in [6.07, 6.45) is 6.24. The van der Waals surface area contributed by atoms with Gasteiger partial charge in [0.2, 0.25) is 0 Å². The Morgan fingerprint density at radius 3 is 2.84 bits per heavy atom. The zero-order chi connectivity index (χ0) is 13.7. The van der Waals surface area contributed by atoms with Gasteiger partial charge in [-0.3, -0.25) is 0 Å². The molecule has 1 heterocycles. The third-order valence-electron chi connectivity index (χ3n) is 3.06. The van der Waals surface area contributed by atoms with Crippen LogP contribution in [0.25, 0.3) is 0 Å². The Hall–Kier alpha value is -1.85. The molecule has 1 saturated carbocycles. The van der Waals surface area contributed by atoms with E-state index in [1.807, 2.05) is 6.92 Å². The summed E-state index contributed by atoms with van der Waals surface area (Å²) in [5.74, 6) is 0.463. The van der Waals surface area contributed by atoms with E-state index in [-0.39, 0.29) is 0 Å². The molecule has 0 saturated heterocycles. The molecule has 19 heavy (non-hydrogen) atoms. The third kappa shape index (κ3) is 4.39. The van der Waals surface area contributed by atoms with E-state index in [1.54, 1.807) is 6.07 Å². The van der Waals surface area contributed by atoms with Crippen LogP contribution in [0.3, 0.4) is 0 Å². The highest BCUT2D eigenvalue weighted by molar-refractivity contribution is 5.77. The molecule has 2 rings (SSSR count). The van der Waals surface area contributed by atoms with Crippen molar-refractivity contribution in [3.8, 4) is 0 Å². The first kappa shape index (κ1) is 13.6. The van der Waals surface area contributed by atoms with E-state index < -0.39 is 12.0 Å². The average molecular weight is 264 g/mol. The first-order valence-electron chi connectivity index (χ1n) is 6.77. The van der Waals surface area contributed by atoms with Gasteiger partial charge in [-0.15, -0.1) is 0 Å². The lowest BCUT2D eigenvalue weighted by atomic mass is 10.1. The molecule has 0 radical (unpaired) electrons. The molecule has 0 bridgehead atoms. The lowest BCUT2D eigenvalue weighted by Crippen LogP contribution is -2.29. The second-order valence-corrected chi connectivity index (χ2v) is 4.88. The summed E-state index contributed by atoms with van der Waals surface area (Å²) < 4.78 is 0. The summed E-state index contributed by atoms with van der Waals surface area (Å²) in [6.45, 7) is 2.04. The fourth-order valence-corrected chi connectivity index (χ4v) is 1.80. The molecule has 0 spiro atoms. The van der Waals surface area contributed by atoms with Crippen molar-refractivity contribution in [2.45, 2.75) is 51.1 Å². The molecule has 6 nitrogen and oxygen atoms in total. The predicted molar refractivity (Wildman–Crippen MR) is 73.2 cm³/mol. The van der Waals surface area contributed by atoms with Crippen LogP contribution in [0.4, 0.5) is 11.6 Å². The highest BCUT2D eigenvalue weighted by Gasteiger charge is 2.22. The number of nitrogens with zero attached hydrogens (tertiary/aromatic N) is 2. The molecule has 0 aliphatic heterocycles. The van der Waals surface area contributed by atoms with Crippen LogP contribution in [-0.2, 0) is 4.79 Å². The highest BCUT2D eigenvalue weighted by atomic mass is 16.4. The number of hydrogen-bond donors (Lipinski definition) is 3. The van der Waals surface area contributed by atoms with Crippen LogP contribution in [0, 0.1) is 0 Å². The topological polar surface area (TPSA) is 87.1 Å². The number of unbranched alkanes of at least 4 members (excludes halogenated alkanes) is 1. The Labute approximate surface area is 112 Å². The van der Waals surface area contributed by atoms with Gasteiger partial charge in [0.1, 0.15) is 24.0 Å². The quantitative estimate of drug-likeness (QED) is 0.666. The molecule has 1 aliphatic carbocycles. The smallest absolute Gasteiger partial charge is 0.326 e. The Kier molecular flexibility index (Phi) is 4.54. The number of carboxylic acid groups (broad SMARTS) is 1. The van der Waals surface area contributed by atoms with Crippen LogP contribution in [-0.4, -0.2) is 33.1 Å². The van der Waals surface area contributed by atoms with E-state index in [0.29, 0.717) is 18.3 Å². The van der Waals surface area contributed by atoms with E-state index in [9.17, 15) is 4.79 Å². The second kappa shape index (κ2) is 6.36.